The van der Waals surface area contributed by atoms with Gasteiger partial charge < -0.3 is 35.9 Å². The minimum absolute atomic E-state index is 0.0678. The summed E-state index contributed by atoms with van der Waals surface area (Å²) in [5.41, 5.74) is 17.2. The highest BCUT2D eigenvalue weighted by Crippen LogP contribution is 2.55. The summed E-state index contributed by atoms with van der Waals surface area (Å²) < 4.78 is 23.2. The minimum Gasteiger partial charge on any atom is -0.398 e. The summed E-state index contributed by atoms with van der Waals surface area (Å²) in [6.45, 7) is 3.90. The highest BCUT2D eigenvalue weighted by atomic mass is 32.2. The van der Waals surface area contributed by atoms with E-state index in [-0.39, 0.29) is 31.2 Å². The van der Waals surface area contributed by atoms with E-state index in [2.05, 4.69) is 4.90 Å². The summed E-state index contributed by atoms with van der Waals surface area (Å²) in [4.78, 5) is 41.7. The minimum atomic E-state index is -4.29. The first kappa shape index (κ1) is 27.0. The molecule has 36 heavy (non-hydrogen) atoms. The van der Waals surface area contributed by atoms with Crippen molar-refractivity contribution in [3.63, 3.8) is 0 Å². The second-order valence-electron chi connectivity index (χ2n) is 9.48. The molecule has 1 heterocycles. The topological polar surface area (TPSA) is 170 Å². The van der Waals surface area contributed by atoms with Gasteiger partial charge in [-0.1, -0.05) is 48.2 Å². The van der Waals surface area contributed by atoms with E-state index in [9.17, 15) is 28.7 Å². The lowest BCUT2D eigenvalue weighted by Gasteiger charge is -2.40. The SMILES string of the molecule is Cc1ccc2c(c1N)Sc1c(ccc(C)c1N)N2C1C=CC(CCP(=O)(O)O)(CCP(=O)(O)O)C=C1. The molecular formula is C24H31N3O6P2S. The molecule has 4 rings (SSSR count). The third-order valence-electron chi connectivity index (χ3n) is 6.80. The quantitative estimate of drug-likeness (QED) is 0.161. The van der Waals surface area contributed by atoms with Gasteiger partial charge >= 0.3 is 15.2 Å². The summed E-state index contributed by atoms with van der Waals surface area (Å²) in [6.07, 6.45) is 6.83. The fourth-order valence-electron chi connectivity index (χ4n) is 4.56. The molecule has 1 aliphatic heterocycles. The standard InChI is InChI=1S/C24H31N3O6P2S/c1-15-3-5-18-22(20(15)25)36-23-19(6-4-16(2)21(23)26)27(18)17-7-9-24(10-8-17,11-13-34(28,29)30)12-14-35(31,32)33/h3-10,17H,11-14,25-26H2,1-2H3,(H2,28,29,30)(H2,31,32,33). The Bertz CT molecular complexity index is 1250. The lowest BCUT2D eigenvalue weighted by molar-refractivity contribution is 0.347. The maximum Gasteiger partial charge on any atom is 0.325 e. The van der Waals surface area contributed by atoms with Gasteiger partial charge in [0.15, 0.2) is 0 Å². The molecule has 0 atom stereocenters. The number of nitrogens with zero attached hydrogens (tertiary/aromatic N) is 1. The molecule has 0 bridgehead atoms. The van der Waals surface area contributed by atoms with Crippen molar-refractivity contribution in [2.45, 2.75) is 42.5 Å². The molecule has 9 nitrogen and oxygen atoms in total. The fourth-order valence-corrected chi connectivity index (χ4v) is 7.26. The van der Waals surface area contributed by atoms with Crippen LogP contribution < -0.4 is 16.4 Å². The van der Waals surface area contributed by atoms with Crippen molar-refractivity contribution >= 4 is 49.7 Å². The van der Waals surface area contributed by atoms with Crippen LogP contribution in [0.2, 0.25) is 0 Å². The summed E-state index contributed by atoms with van der Waals surface area (Å²) >= 11 is 1.54. The number of nitrogens with two attached hydrogens (primary N) is 2. The molecule has 0 saturated heterocycles. The Labute approximate surface area is 214 Å². The molecule has 12 heteroatoms. The Morgan fingerprint density at radius 2 is 1.25 bits per heavy atom. The van der Waals surface area contributed by atoms with Gasteiger partial charge in [-0.2, -0.15) is 0 Å². The Hall–Kier alpha value is -2.03. The van der Waals surface area contributed by atoms with Crippen molar-refractivity contribution in [1.29, 1.82) is 0 Å². The van der Waals surface area contributed by atoms with Crippen molar-refractivity contribution in [1.82, 2.24) is 0 Å². The number of aryl methyl sites for hydroxylation is 2. The predicted molar refractivity (Wildman–Crippen MR) is 145 cm³/mol. The summed E-state index contributed by atoms with van der Waals surface area (Å²) in [5.74, 6) is 0. The number of nitrogen functional groups attached to an aromatic ring is 2. The maximum atomic E-state index is 11.6. The first-order valence-electron chi connectivity index (χ1n) is 11.4. The van der Waals surface area contributed by atoms with E-state index in [4.69, 9.17) is 11.5 Å². The van der Waals surface area contributed by atoms with Gasteiger partial charge in [0.05, 0.1) is 50.9 Å². The monoisotopic (exact) mass is 551 g/mol. The molecule has 194 valence electrons. The lowest BCUT2D eigenvalue weighted by atomic mass is 9.78. The zero-order valence-corrected chi connectivity index (χ0v) is 22.6. The maximum absolute atomic E-state index is 11.6. The zero-order valence-electron chi connectivity index (χ0n) is 20.0. The average molecular weight is 552 g/mol. The Morgan fingerprint density at radius 3 is 1.64 bits per heavy atom. The first-order chi connectivity index (χ1) is 16.7. The Kier molecular flexibility index (Phi) is 7.27. The van der Waals surface area contributed by atoms with Gasteiger partial charge in [0.25, 0.3) is 0 Å². The smallest absolute Gasteiger partial charge is 0.325 e. The number of hydrogen-bond acceptors (Lipinski definition) is 6. The van der Waals surface area contributed by atoms with Crippen molar-refractivity contribution in [2.24, 2.45) is 5.41 Å². The summed E-state index contributed by atoms with van der Waals surface area (Å²) in [6, 6.07) is 7.68. The van der Waals surface area contributed by atoms with Crippen LogP contribution in [0.15, 0.2) is 58.4 Å². The van der Waals surface area contributed by atoms with Crippen molar-refractivity contribution in [2.75, 3.05) is 28.7 Å². The zero-order chi connectivity index (χ0) is 26.5. The van der Waals surface area contributed by atoms with E-state index >= 15 is 0 Å². The number of rotatable bonds is 7. The molecule has 2 aliphatic rings. The molecule has 0 saturated carbocycles. The molecule has 0 spiro atoms. The molecule has 0 amide bonds. The third kappa shape index (κ3) is 5.60. The molecular weight excluding hydrogens is 520 g/mol. The molecule has 8 N–H and O–H groups in total. The van der Waals surface area contributed by atoms with Crippen molar-refractivity contribution in [3.05, 3.63) is 59.7 Å². The second-order valence-corrected chi connectivity index (χ2v) is 14.1. The Morgan fingerprint density at radius 1 is 0.833 bits per heavy atom. The van der Waals surface area contributed by atoms with Crippen LogP contribution in [0.1, 0.15) is 24.0 Å². The van der Waals surface area contributed by atoms with Crippen LogP contribution in [-0.2, 0) is 9.13 Å². The van der Waals surface area contributed by atoms with E-state index in [0.717, 1.165) is 32.3 Å². The van der Waals surface area contributed by atoms with Crippen LogP contribution >= 0.6 is 27.0 Å². The van der Waals surface area contributed by atoms with Crippen LogP contribution in [0.3, 0.4) is 0 Å². The highest BCUT2D eigenvalue weighted by Gasteiger charge is 2.36. The van der Waals surface area contributed by atoms with Crippen LogP contribution in [-0.4, -0.2) is 37.9 Å². The van der Waals surface area contributed by atoms with Gasteiger partial charge in [-0.05, 0) is 49.9 Å². The van der Waals surface area contributed by atoms with Crippen molar-refractivity contribution in [3.8, 4) is 0 Å². The second kappa shape index (κ2) is 9.69. The molecule has 2 aromatic rings. The van der Waals surface area contributed by atoms with E-state index < -0.39 is 20.6 Å². The fraction of sp³-hybridized carbons (Fsp3) is 0.333. The van der Waals surface area contributed by atoms with E-state index in [1.807, 2.05) is 62.4 Å². The molecule has 0 fully saturated rings. The lowest BCUT2D eigenvalue weighted by Crippen LogP contribution is -2.34. The van der Waals surface area contributed by atoms with Gasteiger partial charge in [-0.25, -0.2) is 0 Å². The average Bonchev–Trinajstić information content (AvgIpc) is 2.80. The molecule has 0 unspecified atom stereocenters. The summed E-state index contributed by atoms with van der Waals surface area (Å²) in [5, 5.41) is 0. The number of benzene rings is 2. The van der Waals surface area contributed by atoms with Gasteiger partial charge in [-0.15, -0.1) is 0 Å². The third-order valence-corrected chi connectivity index (χ3v) is 9.67. The van der Waals surface area contributed by atoms with E-state index in [0.29, 0.717) is 11.4 Å². The molecule has 0 radical (unpaired) electrons. The van der Waals surface area contributed by atoms with Crippen LogP contribution in [0, 0.1) is 19.3 Å². The van der Waals surface area contributed by atoms with Crippen LogP contribution in [0.4, 0.5) is 22.7 Å². The van der Waals surface area contributed by atoms with E-state index in [1.54, 1.807) is 11.8 Å². The molecule has 0 aromatic heterocycles. The van der Waals surface area contributed by atoms with Gasteiger partial charge in [0.2, 0.25) is 0 Å². The van der Waals surface area contributed by atoms with Gasteiger partial charge in [-0.3, -0.25) is 9.13 Å². The van der Waals surface area contributed by atoms with Crippen molar-refractivity contribution < 1.29 is 28.7 Å². The normalized spacial score (nSPS) is 17.2. The largest absolute Gasteiger partial charge is 0.398 e. The number of hydrogen-bond donors (Lipinski definition) is 6. The van der Waals surface area contributed by atoms with Gasteiger partial charge in [0.1, 0.15) is 0 Å². The first-order valence-corrected chi connectivity index (χ1v) is 15.8. The number of fused-ring (bicyclic) bond motifs is 2. The van der Waals surface area contributed by atoms with Gasteiger partial charge in [0, 0.05) is 5.41 Å². The van der Waals surface area contributed by atoms with Crippen LogP contribution in [0.25, 0.3) is 0 Å². The highest BCUT2D eigenvalue weighted by molar-refractivity contribution is 8.00. The predicted octanol–water partition coefficient (Wildman–Crippen LogP) is 4.69. The van der Waals surface area contributed by atoms with E-state index in [1.165, 1.54) is 0 Å². The van der Waals surface area contributed by atoms with Crippen LogP contribution in [0.5, 0.6) is 0 Å². The number of allylic oxidation sites excluding steroid dienone is 2. The molecule has 1 aliphatic carbocycles. The Balaban J connectivity index is 1.75. The number of anilines is 4. The molecule has 2 aromatic carbocycles. The summed E-state index contributed by atoms with van der Waals surface area (Å²) in [7, 11) is -8.58.